The third-order valence-corrected chi connectivity index (χ3v) is 2.50. The maximum absolute atomic E-state index is 10.9. The highest BCUT2D eigenvalue weighted by Crippen LogP contribution is 2.29. The second-order valence-corrected chi connectivity index (χ2v) is 3.47. The Hall–Kier alpha value is -0.790. The first-order valence-corrected chi connectivity index (χ1v) is 4.46. The average Bonchev–Trinajstić information content (AvgIpc) is 2.09. The van der Waals surface area contributed by atoms with E-state index < -0.39 is 0 Å². The van der Waals surface area contributed by atoms with E-state index in [1.54, 1.807) is 0 Å². The van der Waals surface area contributed by atoms with E-state index in [4.69, 9.17) is 0 Å². The molecule has 1 saturated carbocycles. The van der Waals surface area contributed by atoms with Crippen molar-refractivity contribution < 1.29 is 9.53 Å². The molecule has 2 heteroatoms. The molecule has 0 aromatic rings. The Morgan fingerprint density at radius 2 is 2.17 bits per heavy atom. The lowest BCUT2D eigenvalue weighted by Gasteiger charge is -2.21. The molecule has 0 amide bonds. The van der Waals surface area contributed by atoms with Gasteiger partial charge >= 0.3 is 5.97 Å². The van der Waals surface area contributed by atoms with E-state index in [1.807, 2.05) is 0 Å². The van der Waals surface area contributed by atoms with Gasteiger partial charge < -0.3 is 4.74 Å². The summed E-state index contributed by atoms with van der Waals surface area (Å²) in [5.74, 6) is 0.454. The fourth-order valence-electron chi connectivity index (χ4n) is 1.61. The Balaban J connectivity index is 2.26. The molecule has 0 saturated heterocycles. The summed E-state index contributed by atoms with van der Waals surface area (Å²) in [7, 11) is 1.45. The lowest BCUT2D eigenvalue weighted by Crippen LogP contribution is -2.13. The Bertz CT molecular complexity index is 174. The van der Waals surface area contributed by atoms with Gasteiger partial charge in [-0.2, -0.15) is 0 Å². The number of carbonyl (C=O) groups excluding carboxylic acids is 1. The minimum absolute atomic E-state index is 0.0764. The first kappa shape index (κ1) is 9.30. The number of rotatable bonds is 2. The van der Waals surface area contributed by atoms with Crippen molar-refractivity contribution in [2.24, 2.45) is 5.92 Å². The van der Waals surface area contributed by atoms with Crippen molar-refractivity contribution in [2.45, 2.75) is 32.1 Å². The van der Waals surface area contributed by atoms with Gasteiger partial charge in [0.25, 0.3) is 0 Å². The normalized spacial score (nSPS) is 19.2. The minimum Gasteiger partial charge on any atom is -0.469 e. The molecule has 0 bridgehead atoms. The molecule has 0 radical (unpaired) electrons. The number of esters is 1. The molecular weight excluding hydrogens is 152 g/mol. The number of carbonyl (C=O) groups is 1. The molecule has 0 heterocycles. The van der Waals surface area contributed by atoms with Crippen LogP contribution in [-0.2, 0) is 9.53 Å². The Kier molecular flexibility index (Phi) is 3.32. The van der Waals surface area contributed by atoms with E-state index in [2.05, 4.69) is 11.3 Å². The van der Waals surface area contributed by atoms with Crippen LogP contribution in [0.1, 0.15) is 32.1 Å². The predicted molar refractivity (Wildman–Crippen MR) is 47.7 cm³/mol. The van der Waals surface area contributed by atoms with Crippen molar-refractivity contribution in [1.29, 1.82) is 0 Å². The number of hydrogen-bond acceptors (Lipinski definition) is 2. The summed E-state index contributed by atoms with van der Waals surface area (Å²) in [5.41, 5.74) is 1.33. The molecule has 0 aromatic heterocycles. The summed E-state index contributed by atoms with van der Waals surface area (Å²) >= 11 is 0. The molecule has 0 aliphatic heterocycles. The molecule has 0 aromatic carbocycles. The van der Waals surface area contributed by atoms with E-state index >= 15 is 0 Å². The van der Waals surface area contributed by atoms with E-state index in [0.717, 1.165) is 25.7 Å². The molecule has 0 N–H and O–H groups in total. The van der Waals surface area contributed by atoms with Crippen LogP contribution in [0, 0.1) is 5.92 Å². The van der Waals surface area contributed by atoms with E-state index in [-0.39, 0.29) is 5.97 Å². The topological polar surface area (TPSA) is 26.3 Å². The largest absolute Gasteiger partial charge is 0.469 e. The zero-order valence-electron chi connectivity index (χ0n) is 7.64. The Labute approximate surface area is 73.6 Å². The van der Waals surface area contributed by atoms with Crippen LogP contribution < -0.4 is 0 Å². The van der Waals surface area contributed by atoms with E-state index in [9.17, 15) is 4.79 Å². The highest BCUT2D eigenvalue weighted by atomic mass is 16.5. The van der Waals surface area contributed by atoms with Gasteiger partial charge in [-0.15, -0.1) is 0 Å². The molecule has 68 valence electrons. The number of ether oxygens (including phenoxy) is 1. The standard InChI is InChI=1S/C10H16O2/c1-8-3-5-9(6-4-8)7-10(11)12-2/h9H,1,3-7H2,2H3. The molecule has 2 nitrogen and oxygen atoms in total. The molecule has 1 rings (SSSR count). The van der Waals surface area contributed by atoms with Crippen molar-refractivity contribution in [2.75, 3.05) is 7.11 Å². The van der Waals surface area contributed by atoms with Gasteiger partial charge in [0, 0.05) is 6.42 Å². The molecule has 1 aliphatic carbocycles. The van der Waals surface area contributed by atoms with Crippen LogP contribution in [0.25, 0.3) is 0 Å². The highest BCUT2D eigenvalue weighted by Gasteiger charge is 2.18. The van der Waals surface area contributed by atoms with Gasteiger partial charge in [0.05, 0.1) is 7.11 Å². The van der Waals surface area contributed by atoms with Gasteiger partial charge in [-0.05, 0) is 31.6 Å². The molecule has 1 fully saturated rings. The SMILES string of the molecule is C=C1CCC(CC(=O)OC)CC1. The fourth-order valence-corrected chi connectivity index (χ4v) is 1.61. The van der Waals surface area contributed by atoms with Crippen molar-refractivity contribution in [3.8, 4) is 0 Å². The third-order valence-electron chi connectivity index (χ3n) is 2.50. The monoisotopic (exact) mass is 168 g/mol. The van der Waals surface area contributed by atoms with E-state index in [1.165, 1.54) is 12.7 Å². The van der Waals surface area contributed by atoms with Gasteiger partial charge in [-0.3, -0.25) is 4.79 Å². The van der Waals surface area contributed by atoms with Gasteiger partial charge in [-0.25, -0.2) is 0 Å². The van der Waals surface area contributed by atoms with Crippen molar-refractivity contribution in [1.82, 2.24) is 0 Å². The summed E-state index contributed by atoms with van der Waals surface area (Å²) in [6.45, 7) is 3.93. The van der Waals surface area contributed by atoms with Crippen LogP contribution in [-0.4, -0.2) is 13.1 Å². The van der Waals surface area contributed by atoms with Crippen LogP contribution >= 0.6 is 0 Å². The van der Waals surface area contributed by atoms with Gasteiger partial charge in [0.2, 0.25) is 0 Å². The number of methoxy groups -OCH3 is 1. The number of allylic oxidation sites excluding steroid dienone is 1. The summed E-state index contributed by atoms with van der Waals surface area (Å²) in [4.78, 5) is 10.9. The number of hydrogen-bond donors (Lipinski definition) is 0. The molecule has 0 atom stereocenters. The van der Waals surface area contributed by atoms with Gasteiger partial charge in [-0.1, -0.05) is 12.2 Å². The quantitative estimate of drug-likeness (QED) is 0.467. The second kappa shape index (κ2) is 4.29. The van der Waals surface area contributed by atoms with Gasteiger partial charge in [0.1, 0.15) is 0 Å². The Morgan fingerprint density at radius 1 is 1.58 bits per heavy atom. The highest BCUT2D eigenvalue weighted by molar-refractivity contribution is 5.69. The fraction of sp³-hybridized carbons (Fsp3) is 0.700. The Morgan fingerprint density at radius 3 is 2.67 bits per heavy atom. The van der Waals surface area contributed by atoms with Crippen molar-refractivity contribution >= 4 is 5.97 Å². The lowest BCUT2D eigenvalue weighted by atomic mass is 9.85. The first-order valence-electron chi connectivity index (χ1n) is 4.46. The molecule has 1 aliphatic rings. The summed E-state index contributed by atoms with van der Waals surface area (Å²) < 4.78 is 4.62. The zero-order valence-corrected chi connectivity index (χ0v) is 7.64. The average molecular weight is 168 g/mol. The minimum atomic E-state index is -0.0764. The molecule has 0 spiro atoms. The molecule has 0 unspecified atom stereocenters. The van der Waals surface area contributed by atoms with Crippen LogP contribution in [0.5, 0.6) is 0 Å². The van der Waals surface area contributed by atoms with Gasteiger partial charge in [0.15, 0.2) is 0 Å². The smallest absolute Gasteiger partial charge is 0.305 e. The van der Waals surface area contributed by atoms with Crippen molar-refractivity contribution in [3.05, 3.63) is 12.2 Å². The van der Waals surface area contributed by atoms with Crippen LogP contribution in [0.4, 0.5) is 0 Å². The van der Waals surface area contributed by atoms with Crippen LogP contribution in [0.15, 0.2) is 12.2 Å². The van der Waals surface area contributed by atoms with E-state index in [0.29, 0.717) is 12.3 Å². The lowest BCUT2D eigenvalue weighted by molar-refractivity contribution is -0.141. The van der Waals surface area contributed by atoms with Crippen molar-refractivity contribution in [3.63, 3.8) is 0 Å². The molecule has 12 heavy (non-hydrogen) atoms. The maximum atomic E-state index is 10.9. The van der Waals surface area contributed by atoms with Crippen LogP contribution in [0.3, 0.4) is 0 Å². The summed E-state index contributed by atoms with van der Waals surface area (Å²) in [5, 5.41) is 0. The summed E-state index contributed by atoms with van der Waals surface area (Å²) in [6, 6.07) is 0. The summed E-state index contributed by atoms with van der Waals surface area (Å²) in [6.07, 6.45) is 4.97. The first-order chi connectivity index (χ1) is 5.72. The maximum Gasteiger partial charge on any atom is 0.305 e. The third kappa shape index (κ3) is 2.68. The van der Waals surface area contributed by atoms with Crippen LogP contribution in [0.2, 0.25) is 0 Å². The predicted octanol–water partition coefficient (Wildman–Crippen LogP) is 2.30. The zero-order chi connectivity index (χ0) is 8.97. The second-order valence-electron chi connectivity index (χ2n) is 3.47. The molecular formula is C10H16O2.